The van der Waals surface area contributed by atoms with E-state index in [-0.39, 0.29) is 12.8 Å². The molecule has 1 saturated carbocycles. The molecule has 1 aliphatic heterocycles. The fourth-order valence-electron chi connectivity index (χ4n) is 8.58. The number of phosphoric ester groups is 1. The number of allylic oxidation sites excluding steroid dienone is 2. The number of esters is 2. The van der Waals surface area contributed by atoms with Crippen molar-refractivity contribution in [3.05, 3.63) is 12.2 Å². The van der Waals surface area contributed by atoms with Crippen LogP contribution in [0.4, 0.5) is 0 Å². The number of aliphatic hydroxyl groups is 8. The number of phosphoric acid groups is 1. The third kappa shape index (κ3) is 26.8. The van der Waals surface area contributed by atoms with E-state index in [1.807, 2.05) is 0 Å². The van der Waals surface area contributed by atoms with Crippen LogP contribution in [0.1, 0.15) is 200 Å². The quantitative estimate of drug-likeness (QED) is 0.0137. The topological polar surface area (TPSA) is 289 Å². The zero-order valence-corrected chi connectivity index (χ0v) is 42.8. The molecule has 0 bridgehead atoms. The van der Waals surface area contributed by atoms with Crippen LogP contribution in [-0.2, 0) is 42.1 Å². The molecule has 13 atom stereocenters. The highest BCUT2D eigenvalue weighted by atomic mass is 31.2. The van der Waals surface area contributed by atoms with Crippen molar-refractivity contribution in [1.82, 2.24) is 0 Å². The van der Waals surface area contributed by atoms with E-state index in [0.717, 1.165) is 77.0 Å². The lowest BCUT2D eigenvalue weighted by Crippen LogP contribution is -2.67. The van der Waals surface area contributed by atoms with Gasteiger partial charge < -0.3 is 64.7 Å². The van der Waals surface area contributed by atoms with Gasteiger partial charge in [0.1, 0.15) is 67.6 Å². The third-order valence-corrected chi connectivity index (χ3v) is 14.0. The summed E-state index contributed by atoms with van der Waals surface area (Å²) in [6.07, 6.45) is 11.4. The zero-order valence-electron chi connectivity index (χ0n) is 41.9. The number of hydrogen-bond donors (Lipinski definition) is 9. The number of aliphatic hydroxyl groups excluding tert-OH is 8. The van der Waals surface area contributed by atoms with E-state index in [1.54, 1.807) is 0 Å². The first kappa shape index (κ1) is 63.5. The summed E-state index contributed by atoms with van der Waals surface area (Å²) in [5.41, 5.74) is 0. The van der Waals surface area contributed by atoms with E-state index in [9.17, 15) is 59.9 Å². The summed E-state index contributed by atoms with van der Waals surface area (Å²) in [6.45, 7) is 2.23. The maximum absolute atomic E-state index is 13.4. The van der Waals surface area contributed by atoms with Crippen LogP contribution in [0.15, 0.2) is 12.2 Å². The van der Waals surface area contributed by atoms with Crippen LogP contribution in [-0.4, -0.2) is 151 Å². The maximum atomic E-state index is 13.4. The van der Waals surface area contributed by atoms with Gasteiger partial charge >= 0.3 is 19.8 Å². The van der Waals surface area contributed by atoms with E-state index in [0.29, 0.717) is 12.8 Å². The molecular formula is C50H93O18P. The van der Waals surface area contributed by atoms with Gasteiger partial charge in [0, 0.05) is 12.8 Å². The number of hydrogen-bond acceptors (Lipinski definition) is 17. The van der Waals surface area contributed by atoms with Crippen molar-refractivity contribution in [3.8, 4) is 0 Å². The van der Waals surface area contributed by atoms with Gasteiger partial charge in [0.05, 0.1) is 13.2 Å². The van der Waals surface area contributed by atoms with Crippen LogP contribution >= 0.6 is 7.82 Å². The van der Waals surface area contributed by atoms with E-state index < -0.39 is 113 Å². The minimum Gasteiger partial charge on any atom is -0.462 e. The minimum atomic E-state index is -5.37. The largest absolute Gasteiger partial charge is 0.472 e. The van der Waals surface area contributed by atoms with Crippen LogP contribution in [0.3, 0.4) is 0 Å². The predicted molar refractivity (Wildman–Crippen MR) is 259 cm³/mol. The van der Waals surface area contributed by atoms with Gasteiger partial charge in [-0.15, -0.1) is 0 Å². The van der Waals surface area contributed by atoms with Crippen LogP contribution in [0.5, 0.6) is 0 Å². The summed E-state index contributed by atoms with van der Waals surface area (Å²) >= 11 is 0. The molecule has 2 rings (SSSR count). The summed E-state index contributed by atoms with van der Waals surface area (Å²) in [6, 6.07) is 0. The molecule has 1 heterocycles. The molecule has 1 saturated heterocycles. The highest BCUT2D eigenvalue weighted by Crippen LogP contribution is 2.48. The summed E-state index contributed by atoms with van der Waals surface area (Å²) in [7, 11) is -5.37. The van der Waals surface area contributed by atoms with Gasteiger partial charge in [-0.2, -0.15) is 0 Å². The zero-order chi connectivity index (χ0) is 50.9. The van der Waals surface area contributed by atoms with Crippen molar-refractivity contribution < 1.29 is 87.9 Å². The normalized spacial score (nSPS) is 27.6. The lowest BCUT2D eigenvalue weighted by molar-refractivity contribution is -0.338. The molecule has 2 aliphatic rings. The molecule has 406 valence electrons. The molecule has 0 aromatic heterocycles. The Morgan fingerprint density at radius 1 is 0.536 bits per heavy atom. The third-order valence-electron chi connectivity index (χ3n) is 13.0. The lowest BCUT2D eigenvalue weighted by Gasteiger charge is -2.47. The standard InChI is InChI=1S/C50H93O18P/c1-3-5-7-9-11-13-15-17-19-21-23-25-27-29-31-33-40(53)65-37(35-63-39(52)32-30-28-26-24-22-20-18-16-14-12-10-8-6-4-2)36-64-69(61,62)68-49-46(59)44(57)43(56)45(58)48(49)67-50-47(60)42(55)41(54)38(34-51)66-50/h13,15,37-38,41-51,54-60H,3-12,14,16-36H2,1-2H3,(H,61,62). The van der Waals surface area contributed by atoms with Crippen LogP contribution in [0, 0.1) is 0 Å². The van der Waals surface area contributed by atoms with Crippen molar-refractivity contribution in [1.29, 1.82) is 0 Å². The Kier molecular flexibility index (Phi) is 35.0. The van der Waals surface area contributed by atoms with E-state index in [4.69, 9.17) is 28.0 Å². The first-order valence-corrected chi connectivity index (χ1v) is 28.0. The highest BCUT2D eigenvalue weighted by molar-refractivity contribution is 7.47. The van der Waals surface area contributed by atoms with Gasteiger partial charge in [0.2, 0.25) is 0 Å². The van der Waals surface area contributed by atoms with Crippen LogP contribution in [0.2, 0.25) is 0 Å². The second kappa shape index (κ2) is 38.0. The van der Waals surface area contributed by atoms with Crippen molar-refractivity contribution in [3.63, 3.8) is 0 Å². The van der Waals surface area contributed by atoms with Crippen LogP contribution in [0.25, 0.3) is 0 Å². The summed E-state index contributed by atoms with van der Waals surface area (Å²) in [5.74, 6) is -1.21. The second-order valence-electron chi connectivity index (χ2n) is 19.1. The minimum absolute atomic E-state index is 0.0309. The van der Waals surface area contributed by atoms with Gasteiger partial charge in [-0.25, -0.2) is 4.57 Å². The number of rotatable bonds is 41. The van der Waals surface area contributed by atoms with Gasteiger partial charge in [-0.3, -0.25) is 18.6 Å². The molecule has 1 aliphatic carbocycles. The molecule has 0 spiro atoms. The molecule has 0 amide bonds. The fourth-order valence-corrected chi connectivity index (χ4v) is 9.55. The second-order valence-corrected chi connectivity index (χ2v) is 20.5. The first-order valence-electron chi connectivity index (χ1n) is 26.5. The Labute approximate surface area is 412 Å². The Morgan fingerprint density at radius 2 is 0.957 bits per heavy atom. The van der Waals surface area contributed by atoms with Gasteiger partial charge in [-0.05, 0) is 38.5 Å². The highest BCUT2D eigenvalue weighted by Gasteiger charge is 2.55. The lowest BCUT2D eigenvalue weighted by atomic mass is 9.84. The average molecular weight is 1010 g/mol. The van der Waals surface area contributed by atoms with Gasteiger partial charge in [0.25, 0.3) is 0 Å². The summed E-state index contributed by atoms with van der Waals surface area (Å²) in [4.78, 5) is 36.6. The Morgan fingerprint density at radius 3 is 1.45 bits per heavy atom. The molecule has 0 radical (unpaired) electrons. The smallest absolute Gasteiger partial charge is 0.462 e. The molecule has 19 heteroatoms. The Bertz CT molecular complexity index is 1390. The van der Waals surface area contributed by atoms with E-state index >= 15 is 0 Å². The van der Waals surface area contributed by atoms with Gasteiger partial charge in [-0.1, -0.05) is 161 Å². The van der Waals surface area contributed by atoms with E-state index in [2.05, 4.69) is 26.0 Å². The molecular weight excluding hydrogens is 920 g/mol. The fraction of sp³-hybridized carbons (Fsp3) is 0.920. The Hall–Kier alpha value is -1.61. The monoisotopic (exact) mass is 1010 g/mol. The van der Waals surface area contributed by atoms with E-state index in [1.165, 1.54) is 83.5 Å². The Balaban J connectivity index is 1.93. The molecule has 13 unspecified atom stereocenters. The molecule has 0 aromatic carbocycles. The first-order chi connectivity index (χ1) is 33.2. The van der Waals surface area contributed by atoms with Crippen LogP contribution < -0.4 is 0 Å². The SMILES string of the molecule is CCCCCCC=CCCCCCCCCCC(=O)OC(COC(=O)CCCCCCCCCCCCCCCC)COP(=O)(O)OC1C(O)C(O)C(O)C(O)C1OC1OC(CO)C(O)C(O)C1O. The van der Waals surface area contributed by atoms with Crippen molar-refractivity contribution in [2.75, 3.05) is 19.8 Å². The molecule has 2 fully saturated rings. The molecule has 69 heavy (non-hydrogen) atoms. The van der Waals surface area contributed by atoms with Crippen molar-refractivity contribution in [2.24, 2.45) is 0 Å². The molecule has 9 N–H and O–H groups in total. The number of unbranched alkanes of at least 4 members (excludes halogenated alkanes) is 24. The van der Waals surface area contributed by atoms with Crippen molar-refractivity contribution in [2.45, 2.75) is 273 Å². The maximum Gasteiger partial charge on any atom is 0.472 e. The van der Waals surface area contributed by atoms with Gasteiger partial charge in [0.15, 0.2) is 12.4 Å². The molecule has 0 aromatic rings. The average Bonchev–Trinajstić information content (AvgIpc) is 3.33. The summed E-state index contributed by atoms with van der Waals surface area (Å²) in [5, 5.41) is 83.0. The number of carbonyl (C=O) groups excluding carboxylic acids is 2. The predicted octanol–water partition coefficient (Wildman–Crippen LogP) is 6.49. The number of carbonyl (C=O) groups is 2. The summed E-state index contributed by atoms with van der Waals surface area (Å²) < 4.78 is 45.5. The van der Waals surface area contributed by atoms with Crippen molar-refractivity contribution >= 4 is 19.8 Å². The number of ether oxygens (including phenoxy) is 4. The molecule has 18 nitrogen and oxygen atoms in total.